The number of aromatic nitrogens is 1. The number of nitrogens with two attached hydrogens (primary N) is 1. The van der Waals surface area contributed by atoms with Crippen LogP contribution in [-0.4, -0.2) is 23.5 Å². The third kappa shape index (κ3) is 2.73. The number of carbonyl (C=O) groups excluding carboxylic acids is 1. The molecule has 1 aromatic heterocycles. The van der Waals surface area contributed by atoms with E-state index >= 15 is 0 Å². The lowest BCUT2D eigenvalue weighted by Crippen LogP contribution is -2.52. The Morgan fingerprint density at radius 1 is 1.38 bits per heavy atom. The number of thiazole rings is 1. The first kappa shape index (κ1) is 14.3. The minimum Gasteiger partial charge on any atom is -0.494 e. The summed E-state index contributed by atoms with van der Waals surface area (Å²) in [4.78, 5) is 16.9. The zero-order valence-electron chi connectivity index (χ0n) is 12.0. The molecule has 0 spiro atoms. The number of ether oxygens (including phenoxy) is 1. The average Bonchev–Trinajstić information content (AvgIpc) is 2.90. The number of para-hydroxylation sites is 1. The van der Waals surface area contributed by atoms with Crippen LogP contribution in [0.2, 0.25) is 0 Å². The molecule has 1 aromatic carbocycles. The summed E-state index contributed by atoms with van der Waals surface area (Å²) < 4.78 is 6.27. The van der Waals surface area contributed by atoms with E-state index < -0.39 is 5.54 Å². The molecule has 1 saturated carbocycles. The molecule has 5 nitrogen and oxygen atoms in total. The van der Waals surface area contributed by atoms with Gasteiger partial charge in [-0.3, -0.25) is 4.79 Å². The van der Waals surface area contributed by atoms with Gasteiger partial charge in [0.1, 0.15) is 11.3 Å². The van der Waals surface area contributed by atoms with Crippen molar-refractivity contribution in [2.24, 2.45) is 5.73 Å². The number of nitrogens with zero attached hydrogens (tertiary/aromatic N) is 1. The molecule has 1 heterocycles. The zero-order chi connectivity index (χ0) is 14.9. The Morgan fingerprint density at radius 3 is 2.86 bits per heavy atom. The van der Waals surface area contributed by atoms with E-state index in [0.717, 1.165) is 42.3 Å². The molecule has 1 aliphatic rings. The van der Waals surface area contributed by atoms with Crippen LogP contribution in [0.25, 0.3) is 10.2 Å². The van der Waals surface area contributed by atoms with Crippen molar-refractivity contribution in [2.45, 2.75) is 37.6 Å². The molecule has 0 saturated heterocycles. The van der Waals surface area contributed by atoms with Crippen molar-refractivity contribution in [2.75, 3.05) is 12.4 Å². The first-order chi connectivity index (χ1) is 10.1. The van der Waals surface area contributed by atoms with Gasteiger partial charge in [0, 0.05) is 0 Å². The van der Waals surface area contributed by atoms with E-state index in [4.69, 9.17) is 10.5 Å². The average molecular weight is 305 g/mol. The summed E-state index contributed by atoms with van der Waals surface area (Å²) in [5.41, 5.74) is 6.26. The number of benzene rings is 1. The molecular weight excluding hydrogens is 286 g/mol. The Morgan fingerprint density at radius 2 is 2.14 bits per heavy atom. The predicted octanol–water partition coefficient (Wildman–Crippen LogP) is 2.91. The van der Waals surface area contributed by atoms with Crippen LogP contribution in [0.5, 0.6) is 5.75 Å². The predicted molar refractivity (Wildman–Crippen MR) is 84.8 cm³/mol. The molecule has 0 bridgehead atoms. The van der Waals surface area contributed by atoms with Crippen LogP contribution < -0.4 is 15.8 Å². The summed E-state index contributed by atoms with van der Waals surface area (Å²) in [6, 6.07) is 5.74. The number of amides is 1. The topological polar surface area (TPSA) is 77.2 Å². The fraction of sp³-hybridized carbons (Fsp3) is 0.467. The molecule has 6 heteroatoms. The van der Waals surface area contributed by atoms with E-state index in [-0.39, 0.29) is 5.91 Å². The van der Waals surface area contributed by atoms with E-state index in [1.807, 2.05) is 18.2 Å². The minimum atomic E-state index is -0.750. The van der Waals surface area contributed by atoms with Gasteiger partial charge in [0.25, 0.3) is 0 Å². The molecule has 0 radical (unpaired) electrons. The van der Waals surface area contributed by atoms with Gasteiger partial charge in [0.15, 0.2) is 5.13 Å². The second-order valence-corrected chi connectivity index (χ2v) is 6.53. The summed E-state index contributed by atoms with van der Waals surface area (Å²) >= 11 is 1.44. The maximum absolute atomic E-state index is 12.4. The lowest BCUT2D eigenvalue weighted by molar-refractivity contribution is -0.122. The zero-order valence-corrected chi connectivity index (χ0v) is 12.8. The van der Waals surface area contributed by atoms with Crippen molar-refractivity contribution in [1.29, 1.82) is 0 Å². The molecule has 1 amide bonds. The number of hydrogen-bond donors (Lipinski definition) is 2. The highest BCUT2D eigenvalue weighted by molar-refractivity contribution is 7.22. The lowest BCUT2D eigenvalue weighted by Gasteiger charge is -2.31. The van der Waals surface area contributed by atoms with Crippen LogP contribution in [0, 0.1) is 0 Å². The van der Waals surface area contributed by atoms with E-state index in [9.17, 15) is 4.79 Å². The van der Waals surface area contributed by atoms with Gasteiger partial charge < -0.3 is 15.8 Å². The largest absolute Gasteiger partial charge is 0.494 e. The maximum Gasteiger partial charge on any atom is 0.246 e. The Kier molecular flexibility index (Phi) is 3.82. The Labute approximate surface area is 127 Å². The molecule has 2 aromatic rings. The quantitative estimate of drug-likeness (QED) is 0.914. The van der Waals surface area contributed by atoms with E-state index in [0.29, 0.717) is 10.9 Å². The van der Waals surface area contributed by atoms with E-state index in [1.165, 1.54) is 11.3 Å². The molecule has 0 unspecified atom stereocenters. The molecule has 1 aliphatic carbocycles. The molecule has 1 fully saturated rings. The summed E-state index contributed by atoms with van der Waals surface area (Å²) in [5, 5.41) is 3.46. The van der Waals surface area contributed by atoms with E-state index in [2.05, 4.69) is 10.3 Å². The number of fused-ring (bicyclic) bond motifs is 1. The molecule has 0 atom stereocenters. The van der Waals surface area contributed by atoms with Crippen molar-refractivity contribution in [1.82, 2.24) is 4.98 Å². The van der Waals surface area contributed by atoms with Crippen molar-refractivity contribution in [3.63, 3.8) is 0 Å². The van der Waals surface area contributed by atoms with E-state index in [1.54, 1.807) is 7.11 Å². The highest BCUT2D eigenvalue weighted by Crippen LogP contribution is 2.33. The van der Waals surface area contributed by atoms with Crippen LogP contribution in [-0.2, 0) is 4.79 Å². The van der Waals surface area contributed by atoms with Gasteiger partial charge in [-0.25, -0.2) is 4.98 Å². The van der Waals surface area contributed by atoms with Crippen LogP contribution in [0.4, 0.5) is 5.13 Å². The van der Waals surface area contributed by atoms with Crippen LogP contribution in [0.15, 0.2) is 18.2 Å². The number of carbonyl (C=O) groups is 1. The van der Waals surface area contributed by atoms with Crippen molar-refractivity contribution < 1.29 is 9.53 Å². The molecule has 112 valence electrons. The van der Waals surface area contributed by atoms with Gasteiger partial charge in [-0.15, -0.1) is 0 Å². The second kappa shape index (κ2) is 5.61. The first-order valence-corrected chi connectivity index (χ1v) is 7.98. The SMILES string of the molecule is COc1cccc2sc(NC(=O)C3(N)CCCCC3)nc12. The number of methoxy groups -OCH3 is 1. The Hall–Kier alpha value is -1.66. The van der Waals surface area contributed by atoms with Gasteiger partial charge in [0.2, 0.25) is 5.91 Å². The number of nitrogens with one attached hydrogen (secondary N) is 1. The number of anilines is 1. The standard InChI is InChI=1S/C15H19N3O2S/c1-20-10-6-5-7-11-12(10)17-14(21-11)18-13(19)15(16)8-3-2-4-9-15/h5-7H,2-4,8-9,16H2,1H3,(H,17,18,19). The van der Waals surface area contributed by atoms with Gasteiger partial charge in [-0.2, -0.15) is 0 Å². The fourth-order valence-corrected chi connectivity index (χ4v) is 3.65. The smallest absolute Gasteiger partial charge is 0.246 e. The van der Waals surface area contributed by atoms with Crippen molar-refractivity contribution >= 4 is 32.6 Å². The minimum absolute atomic E-state index is 0.125. The number of rotatable bonds is 3. The lowest BCUT2D eigenvalue weighted by atomic mass is 9.82. The highest BCUT2D eigenvalue weighted by Gasteiger charge is 2.35. The van der Waals surface area contributed by atoms with Gasteiger partial charge >= 0.3 is 0 Å². The molecular formula is C15H19N3O2S. The summed E-state index contributed by atoms with van der Waals surface area (Å²) in [7, 11) is 1.61. The number of hydrogen-bond acceptors (Lipinski definition) is 5. The summed E-state index contributed by atoms with van der Waals surface area (Å²) in [5.74, 6) is 0.588. The monoisotopic (exact) mass is 305 g/mol. The van der Waals surface area contributed by atoms with Crippen LogP contribution >= 0.6 is 11.3 Å². The Bertz CT molecular complexity index is 662. The van der Waals surface area contributed by atoms with Crippen LogP contribution in [0.1, 0.15) is 32.1 Å². The molecule has 0 aliphatic heterocycles. The highest BCUT2D eigenvalue weighted by atomic mass is 32.1. The molecule has 21 heavy (non-hydrogen) atoms. The van der Waals surface area contributed by atoms with Gasteiger partial charge in [-0.1, -0.05) is 36.7 Å². The normalized spacial score (nSPS) is 17.6. The third-order valence-corrected chi connectivity index (χ3v) is 4.96. The molecule has 3 rings (SSSR count). The fourth-order valence-electron chi connectivity index (χ4n) is 2.77. The van der Waals surface area contributed by atoms with Crippen LogP contribution in [0.3, 0.4) is 0 Å². The first-order valence-electron chi connectivity index (χ1n) is 7.16. The van der Waals surface area contributed by atoms with Gasteiger partial charge in [0.05, 0.1) is 17.3 Å². The Balaban J connectivity index is 1.83. The van der Waals surface area contributed by atoms with Crippen molar-refractivity contribution in [3.8, 4) is 5.75 Å². The van der Waals surface area contributed by atoms with Gasteiger partial charge in [-0.05, 0) is 25.0 Å². The van der Waals surface area contributed by atoms with Crippen molar-refractivity contribution in [3.05, 3.63) is 18.2 Å². The molecule has 3 N–H and O–H groups in total. The third-order valence-electron chi connectivity index (χ3n) is 4.02. The second-order valence-electron chi connectivity index (χ2n) is 5.50. The maximum atomic E-state index is 12.4. The summed E-state index contributed by atoms with van der Waals surface area (Å²) in [6.45, 7) is 0. The summed E-state index contributed by atoms with van der Waals surface area (Å²) in [6.07, 6.45) is 4.67.